The van der Waals surface area contributed by atoms with E-state index in [1.807, 2.05) is 7.05 Å². The second-order valence-electron chi connectivity index (χ2n) is 3.91. The highest BCUT2D eigenvalue weighted by Crippen LogP contribution is 2.15. The van der Waals surface area contributed by atoms with E-state index in [9.17, 15) is 0 Å². The topological polar surface area (TPSA) is 12.0 Å². The van der Waals surface area contributed by atoms with Gasteiger partial charge in [0, 0.05) is 12.7 Å². The summed E-state index contributed by atoms with van der Waals surface area (Å²) >= 11 is 0. The van der Waals surface area contributed by atoms with Crippen molar-refractivity contribution in [3.8, 4) is 0 Å². The predicted molar refractivity (Wildman–Crippen MR) is 71.5 cm³/mol. The third-order valence-corrected chi connectivity index (χ3v) is 2.74. The maximum absolute atomic E-state index is 3.12. The lowest BCUT2D eigenvalue weighted by Gasteiger charge is -2.03. The van der Waals surface area contributed by atoms with Crippen LogP contribution in [-0.2, 0) is 0 Å². The van der Waals surface area contributed by atoms with Crippen LogP contribution in [0.2, 0.25) is 0 Å². The molecule has 1 aliphatic rings. The van der Waals surface area contributed by atoms with Crippen molar-refractivity contribution in [3.63, 3.8) is 0 Å². The van der Waals surface area contributed by atoms with Crippen LogP contribution in [0.15, 0.2) is 54.1 Å². The average Bonchev–Trinajstić information content (AvgIpc) is 2.38. The van der Waals surface area contributed by atoms with Crippen molar-refractivity contribution < 1.29 is 0 Å². The van der Waals surface area contributed by atoms with Crippen molar-refractivity contribution in [2.45, 2.75) is 12.8 Å². The standard InChI is InChI=1S/C15H17N/c1-16-15-11-9-14(10-12-15)8-7-13-5-3-2-4-6-13/h2-3,5,7-12,16H,4,6H2,1H3/b8-7+. The fourth-order valence-electron chi connectivity index (χ4n) is 1.72. The first-order valence-corrected chi connectivity index (χ1v) is 5.70. The van der Waals surface area contributed by atoms with Gasteiger partial charge in [0.15, 0.2) is 0 Å². The molecular weight excluding hydrogens is 194 g/mol. The first-order valence-electron chi connectivity index (χ1n) is 5.70. The van der Waals surface area contributed by atoms with E-state index in [1.54, 1.807) is 0 Å². The van der Waals surface area contributed by atoms with Crippen LogP contribution in [0.5, 0.6) is 0 Å². The number of rotatable bonds is 3. The molecule has 1 aromatic rings. The molecule has 0 saturated heterocycles. The summed E-state index contributed by atoms with van der Waals surface area (Å²) < 4.78 is 0. The monoisotopic (exact) mass is 211 g/mol. The van der Waals surface area contributed by atoms with E-state index < -0.39 is 0 Å². The van der Waals surface area contributed by atoms with E-state index in [0.29, 0.717) is 0 Å². The largest absolute Gasteiger partial charge is 0.388 e. The minimum atomic E-state index is 1.15. The van der Waals surface area contributed by atoms with Gasteiger partial charge in [-0.25, -0.2) is 0 Å². The summed E-state index contributed by atoms with van der Waals surface area (Å²) in [6.07, 6.45) is 13.2. The normalized spacial score (nSPS) is 15.2. The van der Waals surface area contributed by atoms with E-state index in [2.05, 4.69) is 60.0 Å². The molecule has 82 valence electrons. The highest BCUT2D eigenvalue weighted by molar-refractivity contribution is 5.57. The molecule has 2 rings (SSSR count). The highest BCUT2D eigenvalue weighted by Gasteiger charge is 1.94. The summed E-state index contributed by atoms with van der Waals surface area (Å²) in [5.41, 5.74) is 3.80. The van der Waals surface area contributed by atoms with Gasteiger partial charge in [0.25, 0.3) is 0 Å². The van der Waals surface area contributed by atoms with Gasteiger partial charge in [-0.3, -0.25) is 0 Å². The summed E-state index contributed by atoms with van der Waals surface area (Å²) in [5.74, 6) is 0. The molecule has 0 aromatic heterocycles. The molecule has 16 heavy (non-hydrogen) atoms. The van der Waals surface area contributed by atoms with Gasteiger partial charge in [-0.2, -0.15) is 0 Å². The van der Waals surface area contributed by atoms with Crippen molar-refractivity contribution in [1.82, 2.24) is 0 Å². The lowest BCUT2D eigenvalue weighted by atomic mass is 10.0. The van der Waals surface area contributed by atoms with Crippen molar-refractivity contribution >= 4 is 11.8 Å². The number of benzene rings is 1. The van der Waals surface area contributed by atoms with Crippen molar-refractivity contribution in [2.24, 2.45) is 0 Å². The molecule has 1 heteroatoms. The lowest BCUT2D eigenvalue weighted by Crippen LogP contribution is -1.86. The van der Waals surface area contributed by atoms with Gasteiger partial charge in [-0.1, -0.05) is 42.5 Å². The van der Waals surface area contributed by atoms with E-state index in [4.69, 9.17) is 0 Å². The Morgan fingerprint density at radius 3 is 2.56 bits per heavy atom. The molecule has 0 saturated carbocycles. The summed E-state index contributed by atoms with van der Waals surface area (Å²) in [6.45, 7) is 0. The Kier molecular flexibility index (Phi) is 3.60. The summed E-state index contributed by atoms with van der Waals surface area (Å²) in [5, 5.41) is 3.12. The van der Waals surface area contributed by atoms with Gasteiger partial charge >= 0.3 is 0 Å². The molecule has 1 nitrogen and oxygen atoms in total. The number of nitrogens with one attached hydrogen (secondary N) is 1. The second kappa shape index (κ2) is 5.36. The molecule has 0 spiro atoms. The minimum absolute atomic E-state index is 1.15. The SMILES string of the molecule is CNc1ccc(/C=C/C2=CC=CCC2)cc1. The Morgan fingerprint density at radius 2 is 1.94 bits per heavy atom. The van der Waals surface area contributed by atoms with E-state index >= 15 is 0 Å². The van der Waals surface area contributed by atoms with Gasteiger partial charge in [-0.15, -0.1) is 0 Å². The first-order chi connectivity index (χ1) is 7.88. The maximum atomic E-state index is 3.12. The van der Waals surface area contributed by atoms with Gasteiger partial charge in [-0.05, 0) is 36.1 Å². The average molecular weight is 211 g/mol. The Labute approximate surface area is 97.2 Å². The van der Waals surface area contributed by atoms with E-state index in [1.165, 1.54) is 11.1 Å². The highest BCUT2D eigenvalue weighted by atomic mass is 14.8. The molecule has 0 bridgehead atoms. The van der Waals surface area contributed by atoms with Crippen molar-refractivity contribution in [1.29, 1.82) is 0 Å². The molecule has 0 atom stereocenters. The summed E-state index contributed by atoms with van der Waals surface area (Å²) in [7, 11) is 1.93. The predicted octanol–water partition coefficient (Wildman–Crippen LogP) is 4.02. The summed E-state index contributed by atoms with van der Waals surface area (Å²) in [6, 6.07) is 8.44. The Balaban J connectivity index is 2.05. The van der Waals surface area contributed by atoms with Gasteiger partial charge in [0.05, 0.1) is 0 Å². The Bertz CT molecular complexity index is 421. The van der Waals surface area contributed by atoms with Crippen LogP contribution in [0.25, 0.3) is 6.08 Å². The van der Waals surface area contributed by atoms with Crippen LogP contribution in [0.3, 0.4) is 0 Å². The Morgan fingerprint density at radius 1 is 1.12 bits per heavy atom. The molecule has 0 radical (unpaired) electrons. The molecule has 0 heterocycles. The number of anilines is 1. The third kappa shape index (κ3) is 2.86. The third-order valence-electron chi connectivity index (χ3n) is 2.74. The molecule has 1 aromatic carbocycles. The van der Waals surface area contributed by atoms with Gasteiger partial charge < -0.3 is 5.32 Å². The lowest BCUT2D eigenvalue weighted by molar-refractivity contribution is 0.992. The Hall–Kier alpha value is -1.76. The summed E-state index contributed by atoms with van der Waals surface area (Å²) in [4.78, 5) is 0. The van der Waals surface area contributed by atoms with Crippen LogP contribution < -0.4 is 5.32 Å². The van der Waals surface area contributed by atoms with Crippen molar-refractivity contribution in [2.75, 3.05) is 12.4 Å². The molecule has 1 N–H and O–H groups in total. The zero-order chi connectivity index (χ0) is 11.2. The number of hydrogen-bond acceptors (Lipinski definition) is 1. The molecule has 1 aliphatic carbocycles. The molecular formula is C15H17N. The number of allylic oxidation sites excluding steroid dienone is 5. The van der Waals surface area contributed by atoms with Crippen LogP contribution in [0.4, 0.5) is 5.69 Å². The zero-order valence-corrected chi connectivity index (χ0v) is 9.61. The van der Waals surface area contributed by atoms with Crippen LogP contribution in [0.1, 0.15) is 18.4 Å². The quantitative estimate of drug-likeness (QED) is 0.796. The minimum Gasteiger partial charge on any atom is -0.388 e. The zero-order valence-electron chi connectivity index (χ0n) is 9.61. The first kappa shape index (κ1) is 10.7. The van der Waals surface area contributed by atoms with Crippen LogP contribution in [0, 0.1) is 0 Å². The van der Waals surface area contributed by atoms with Crippen LogP contribution >= 0.6 is 0 Å². The van der Waals surface area contributed by atoms with Crippen molar-refractivity contribution in [3.05, 3.63) is 59.7 Å². The number of hydrogen-bond donors (Lipinski definition) is 1. The fraction of sp³-hybridized carbons (Fsp3) is 0.200. The van der Waals surface area contributed by atoms with E-state index in [-0.39, 0.29) is 0 Å². The van der Waals surface area contributed by atoms with Crippen LogP contribution in [-0.4, -0.2) is 7.05 Å². The smallest absolute Gasteiger partial charge is 0.0337 e. The molecule has 0 unspecified atom stereocenters. The van der Waals surface area contributed by atoms with Gasteiger partial charge in [0.1, 0.15) is 0 Å². The maximum Gasteiger partial charge on any atom is 0.0337 e. The molecule has 0 amide bonds. The van der Waals surface area contributed by atoms with Gasteiger partial charge in [0.2, 0.25) is 0 Å². The van der Waals surface area contributed by atoms with E-state index in [0.717, 1.165) is 18.5 Å². The second-order valence-corrected chi connectivity index (χ2v) is 3.91. The molecule has 0 aliphatic heterocycles. The molecule has 0 fully saturated rings. The fourth-order valence-corrected chi connectivity index (χ4v) is 1.72.